The second-order valence-electron chi connectivity index (χ2n) is 6.34. The molecule has 1 aliphatic rings. The molecule has 4 N–H and O–H groups in total. The van der Waals surface area contributed by atoms with Crippen LogP contribution in [0.15, 0.2) is 12.3 Å². The average molecular weight is 263 g/mol. The number of aromatic carboxylic acids is 1. The van der Waals surface area contributed by atoms with E-state index in [9.17, 15) is 4.79 Å². The number of carboxylic acid groups (broad SMARTS) is 1. The summed E-state index contributed by atoms with van der Waals surface area (Å²) in [4.78, 5) is 14.9. The first-order chi connectivity index (χ1) is 8.68. The van der Waals surface area contributed by atoms with Crippen molar-refractivity contribution in [2.45, 2.75) is 27.7 Å². The molecule has 1 saturated carbocycles. The zero-order chi connectivity index (χ0) is 14.4. The van der Waals surface area contributed by atoms with Gasteiger partial charge < -0.3 is 16.2 Å². The molecule has 1 aromatic rings. The number of anilines is 2. The van der Waals surface area contributed by atoms with Crippen LogP contribution in [0.25, 0.3) is 0 Å². The highest BCUT2D eigenvalue weighted by molar-refractivity contribution is 5.89. The zero-order valence-electron chi connectivity index (χ0n) is 11.8. The standard InChI is InChI=1S/C14H21N3O2/c1-13(2)10(14(13,3)4)7-17-11-9(15)5-8(6-16-11)12(18)19/h5-6,10H,7,15H2,1-4H3,(H,16,17)(H,18,19). The third-order valence-electron chi connectivity index (χ3n) is 4.96. The monoisotopic (exact) mass is 263 g/mol. The zero-order valence-corrected chi connectivity index (χ0v) is 11.8. The number of aromatic nitrogens is 1. The molecule has 0 saturated heterocycles. The van der Waals surface area contributed by atoms with Gasteiger partial charge in [0.2, 0.25) is 0 Å². The number of nitrogens with zero attached hydrogens (tertiary/aromatic N) is 1. The van der Waals surface area contributed by atoms with Crippen molar-refractivity contribution in [3.8, 4) is 0 Å². The van der Waals surface area contributed by atoms with E-state index in [4.69, 9.17) is 10.8 Å². The second-order valence-corrected chi connectivity index (χ2v) is 6.34. The lowest BCUT2D eigenvalue weighted by Gasteiger charge is -2.09. The molecule has 1 aliphatic carbocycles. The molecule has 0 atom stereocenters. The predicted molar refractivity (Wildman–Crippen MR) is 75.2 cm³/mol. The Morgan fingerprint density at radius 3 is 2.42 bits per heavy atom. The Balaban J connectivity index is 2.04. The van der Waals surface area contributed by atoms with Gasteiger partial charge in [-0.1, -0.05) is 27.7 Å². The van der Waals surface area contributed by atoms with Crippen LogP contribution < -0.4 is 11.1 Å². The number of nitrogens with one attached hydrogen (secondary N) is 1. The minimum atomic E-state index is -1.02. The Labute approximate surface area is 113 Å². The Bertz CT molecular complexity index is 509. The predicted octanol–water partition coefficient (Wildman–Crippen LogP) is 2.46. The molecule has 0 bridgehead atoms. The Morgan fingerprint density at radius 1 is 1.42 bits per heavy atom. The normalized spacial score (nSPS) is 20.0. The molecule has 1 aromatic heterocycles. The Kier molecular flexibility index (Phi) is 2.96. The summed E-state index contributed by atoms with van der Waals surface area (Å²) >= 11 is 0. The van der Waals surface area contributed by atoms with Crippen molar-refractivity contribution in [2.75, 3.05) is 17.6 Å². The fourth-order valence-electron chi connectivity index (χ4n) is 2.79. The van der Waals surface area contributed by atoms with Gasteiger partial charge in [0.1, 0.15) is 5.82 Å². The molecule has 0 radical (unpaired) electrons. The van der Waals surface area contributed by atoms with Crippen LogP contribution in [0.3, 0.4) is 0 Å². The summed E-state index contributed by atoms with van der Waals surface area (Å²) in [5.41, 5.74) is 6.89. The van der Waals surface area contributed by atoms with E-state index in [2.05, 4.69) is 38.0 Å². The maximum absolute atomic E-state index is 10.8. The van der Waals surface area contributed by atoms with Gasteiger partial charge in [0.05, 0.1) is 11.3 Å². The van der Waals surface area contributed by atoms with Crippen molar-refractivity contribution in [1.29, 1.82) is 0 Å². The average Bonchev–Trinajstić information content (AvgIpc) is 2.68. The van der Waals surface area contributed by atoms with Gasteiger partial charge >= 0.3 is 5.97 Å². The molecule has 2 rings (SSSR count). The highest BCUT2D eigenvalue weighted by Gasteiger charge is 2.64. The van der Waals surface area contributed by atoms with Crippen LogP contribution in [0.2, 0.25) is 0 Å². The van der Waals surface area contributed by atoms with Crippen LogP contribution in [0, 0.1) is 16.7 Å². The molecular formula is C14H21N3O2. The molecule has 1 fully saturated rings. The SMILES string of the molecule is CC1(C)C(CNc2ncc(C(=O)O)cc2N)C1(C)C. The molecule has 1 heterocycles. The number of carbonyl (C=O) groups is 1. The molecule has 0 amide bonds. The number of pyridine rings is 1. The molecule has 19 heavy (non-hydrogen) atoms. The molecule has 0 aliphatic heterocycles. The van der Waals surface area contributed by atoms with Crippen molar-refractivity contribution in [3.05, 3.63) is 17.8 Å². The van der Waals surface area contributed by atoms with Gasteiger partial charge in [-0.3, -0.25) is 0 Å². The largest absolute Gasteiger partial charge is 0.478 e. The lowest BCUT2D eigenvalue weighted by Crippen LogP contribution is -2.12. The van der Waals surface area contributed by atoms with Gasteiger partial charge in [-0.2, -0.15) is 0 Å². The van der Waals surface area contributed by atoms with Crippen molar-refractivity contribution >= 4 is 17.5 Å². The lowest BCUT2D eigenvalue weighted by molar-refractivity contribution is 0.0696. The molecule has 104 valence electrons. The Morgan fingerprint density at radius 2 is 2.00 bits per heavy atom. The molecular weight excluding hydrogens is 242 g/mol. The summed E-state index contributed by atoms with van der Waals surface area (Å²) in [5, 5.41) is 12.1. The van der Waals surface area contributed by atoms with E-state index in [0.717, 1.165) is 6.54 Å². The van der Waals surface area contributed by atoms with Crippen LogP contribution in [0.4, 0.5) is 11.5 Å². The highest BCUT2D eigenvalue weighted by Crippen LogP contribution is 2.68. The number of carboxylic acids is 1. The van der Waals surface area contributed by atoms with E-state index in [1.54, 1.807) is 0 Å². The highest BCUT2D eigenvalue weighted by atomic mass is 16.4. The fraction of sp³-hybridized carbons (Fsp3) is 0.571. The van der Waals surface area contributed by atoms with Gasteiger partial charge in [0, 0.05) is 12.7 Å². The third-order valence-corrected chi connectivity index (χ3v) is 4.96. The van der Waals surface area contributed by atoms with Crippen LogP contribution in [-0.4, -0.2) is 22.6 Å². The van der Waals surface area contributed by atoms with Crippen molar-refractivity contribution in [1.82, 2.24) is 4.98 Å². The first-order valence-electron chi connectivity index (χ1n) is 6.40. The van der Waals surface area contributed by atoms with Crippen LogP contribution >= 0.6 is 0 Å². The topological polar surface area (TPSA) is 88.2 Å². The molecule has 5 heteroatoms. The van der Waals surface area contributed by atoms with Crippen molar-refractivity contribution in [2.24, 2.45) is 16.7 Å². The Hall–Kier alpha value is -1.78. The first-order valence-corrected chi connectivity index (χ1v) is 6.40. The quantitative estimate of drug-likeness (QED) is 0.776. The number of hydrogen-bond donors (Lipinski definition) is 3. The number of hydrogen-bond acceptors (Lipinski definition) is 4. The number of rotatable bonds is 4. The van der Waals surface area contributed by atoms with E-state index >= 15 is 0 Å². The summed E-state index contributed by atoms with van der Waals surface area (Å²) < 4.78 is 0. The van der Waals surface area contributed by atoms with Gasteiger partial charge in [-0.15, -0.1) is 0 Å². The number of nitrogen functional groups attached to an aromatic ring is 1. The van der Waals surface area contributed by atoms with Crippen LogP contribution in [-0.2, 0) is 0 Å². The molecule has 0 unspecified atom stereocenters. The van der Waals surface area contributed by atoms with Crippen LogP contribution in [0.1, 0.15) is 38.1 Å². The van der Waals surface area contributed by atoms with Gasteiger partial charge in [-0.05, 0) is 22.8 Å². The minimum absolute atomic E-state index is 0.107. The maximum Gasteiger partial charge on any atom is 0.337 e. The fourth-order valence-corrected chi connectivity index (χ4v) is 2.79. The van der Waals surface area contributed by atoms with Gasteiger partial charge in [0.25, 0.3) is 0 Å². The molecule has 0 spiro atoms. The first kappa shape index (κ1) is 13.6. The number of nitrogens with two attached hydrogens (primary N) is 1. The molecule has 5 nitrogen and oxygen atoms in total. The van der Waals surface area contributed by atoms with Crippen molar-refractivity contribution in [3.63, 3.8) is 0 Å². The van der Waals surface area contributed by atoms with E-state index in [1.165, 1.54) is 12.3 Å². The third kappa shape index (κ3) is 2.13. The lowest BCUT2D eigenvalue weighted by atomic mass is 10.0. The smallest absolute Gasteiger partial charge is 0.337 e. The van der Waals surface area contributed by atoms with E-state index in [-0.39, 0.29) is 5.56 Å². The van der Waals surface area contributed by atoms with Crippen LogP contribution in [0.5, 0.6) is 0 Å². The van der Waals surface area contributed by atoms with E-state index in [0.29, 0.717) is 28.3 Å². The van der Waals surface area contributed by atoms with Gasteiger partial charge in [0.15, 0.2) is 0 Å². The summed E-state index contributed by atoms with van der Waals surface area (Å²) in [6.07, 6.45) is 1.32. The minimum Gasteiger partial charge on any atom is -0.478 e. The summed E-state index contributed by atoms with van der Waals surface area (Å²) in [5.74, 6) is 0.0964. The maximum atomic E-state index is 10.8. The van der Waals surface area contributed by atoms with E-state index in [1.807, 2.05) is 0 Å². The molecule has 0 aromatic carbocycles. The summed E-state index contributed by atoms with van der Waals surface area (Å²) in [6.45, 7) is 9.81. The van der Waals surface area contributed by atoms with Gasteiger partial charge in [-0.25, -0.2) is 9.78 Å². The van der Waals surface area contributed by atoms with E-state index < -0.39 is 5.97 Å². The summed E-state index contributed by atoms with van der Waals surface area (Å²) in [6, 6.07) is 1.43. The second kappa shape index (κ2) is 4.11. The van der Waals surface area contributed by atoms with Crippen molar-refractivity contribution < 1.29 is 9.90 Å². The summed E-state index contributed by atoms with van der Waals surface area (Å²) in [7, 11) is 0.